The van der Waals surface area contributed by atoms with Crippen LogP contribution in [0.25, 0.3) is 10.9 Å². The van der Waals surface area contributed by atoms with Crippen molar-refractivity contribution in [3.8, 4) is 5.75 Å². The Labute approximate surface area is 170 Å². The maximum absolute atomic E-state index is 13.3. The number of carbonyl (C=O) groups excluding carboxylic acids is 1. The molecular formula is C24H24N2O3. The number of hydrogen-bond donors (Lipinski definition) is 1. The maximum Gasteiger partial charge on any atom is 0.256 e. The number of amides is 1. The molecule has 1 aliphatic heterocycles. The fraction of sp³-hybridized carbons (Fsp3) is 0.333. The van der Waals surface area contributed by atoms with Crippen LogP contribution < -0.4 is 10.1 Å². The van der Waals surface area contributed by atoms with Crippen molar-refractivity contribution in [1.82, 2.24) is 4.98 Å². The van der Waals surface area contributed by atoms with Crippen LogP contribution in [0.1, 0.15) is 40.9 Å². The second-order valence-electron chi connectivity index (χ2n) is 7.71. The highest BCUT2D eigenvalue weighted by Crippen LogP contribution is 2.31. The fourth-order valence-electron chi connectivity index (χ4n) is 4.29. The van der Waals surface area contributed by atoms with Gasteiger partial charge in [-0.1, -0.05) is 24.3 Å². The molecule has 2 heterocycles. The molecule has 1 amide bonds. The first-order chi connectivity index (χ1) is 14.3. The number of ether oxygens (including phenoxy) is 2. The lowest BCUT2D eigenvalue weighted by Gasteiger charge is -2.14. The highest BCUT2D eigenvalue weighted by atomic mass is 16.5. The van der Waals surface area contributed by atoms with Crippen LogP contribution in [0.2, 0.25) is 0 Å². The van der Waals surface area contributed by atoms with Gasteiger partial charge in [0, 0.05) is 29.4 Å². The highest BCUT2D eigenvalue weighted by molar-refractivity contribution is 6.13. The number of aryl methyl sites for hydroxylation is 1. The molecule has 2 aliphatic rings. The summed E-state index contributed by atoms with van der Waals surface area (Å²) in [6, 6.07) is 15.5. The summed E-state index contributed by atoms with van der Waals surface area (Å²) < 4.78 is 11.5. The zero-order valence-corrected chi connectivity index (χ0v) is 16.3. The van der Waals surface area contributed by atoms with Crippen molar-refractivity contribution in [3.63, 3.8) is 0 Å². The summed E-state index contributed by atoms with van der Waals surface area (Å²) in [5, 5.41) is 3.98. The van der Waals surface area contributed by atoms with Crippen molar-refractivity contribution in [2.24, 2.45) is 0 Å². The van der Waals surface area contributed by atoms with Gasteiger partial charge in [0.2, 0.25) is 0 Å². The second kappa shape index (κ2) is 7.84. The molecule has 1 atom stereocenters. The Morgan fingerprint density at radius 2 is 2.07 bits per heavy atom. The first-order valence-corrected chi connectivity index (χ1v) is 10.3. The van der Waals surface area contributed by atoms with Crippen LogP contribution in [0.15, 0.2) is 48.5 Å². The predicted octanol–water partition coefficient (Wildman–Crippen LogP) is 4.53. The van der Waals surface area contributed by atoms with E-state index in [1.165, 1.54) is 0 Å². The highest BCUT2D eigenvalue weighted by Gasteiger charge is 2.24. The summed E-state index contributed by atoms with van der Waals surface area (Å²) >= 11 is 0. The Balaban J connectivity index is 1.39. The lowest BCUT2D eigenvalue weighted by molar-refractivity contribution is 0.0680. The number of pyridine rings is 1. The number of para-hydroxylation sites is 1. The van der Waals surface area contributed by atoms with E-state index in [1.807, 2.05) is 48.5 Å². The van der Waals surface area contributed by atoms with Crippen LogP contribution in [0.4, 0.5) is 5.69 Å². The number of benzene rings is 2. The summed E-state index contributed by atoms with van der Waals surface area (Å²) in [5.74, 6) is 0.654. The SMILES string of the molecule is O=C(Nc1cccc(OCC2CCCO2)c1)c1c2c(nc3ccccc13)CCC2. The molecule has 0 saturated carbocycles. The molecule has 5 heteroatoms. The van der Waals surface area contributed by atoms with E-state index in [0.717, 1.165) is 77.9 Å². The lowest BCUT2D eigenvalue weighted by Crippen LogP contribution is -2.17. The number of aromatic nitrogens is 1. The number of anilines is 1. The van der Waals surface area contributed by atoms with Gasteiger partial charge < -0.3 is 14.8 Å². The molecule has 0 spiro atoms. The van der Waals surface area contributed by atoms with Crippen LogP contribution in [0.5, 0.6) is 5.75 Å². The average molecular weight is 388 g/mol. The lowest BCUT2D eigenvalue weighted by atomic mass is 10.0. The standard InChI is InChI=1S/C24H24N2O3/c27-24(23-19-9-1-2-11-21(19)26-22-12-4-10-20(22)23)25-16-6-3-7-17(14-16)29-15-18-8-5-13-28-18/h1-3,6-7,9,11,14,18H,4-5,8,10,12-13,15H2,(H,25,27). The monoisotopic (exact) mass is 388 g/mol. The van der Waals surface area contributed by atoms with Gasteiger partial charge in [0.25, 0.3) is 5.91 Å². The number of nitrogens with one attached hydrogen (secondary N) is 1. The van der Waals surface area contributed by atoms with Crippen LogP contribution in [-0.2, 0) is 17.6 Å². The van der Waals surface area contributed by atoms with E-state index in [1.54, 1.807) is 0 Å². The first-order valence-electron chi connectivity index (χ1n) is 10.3. The van der Waals surface area contributed by atoms with Gasteiger partial charge in [-0.3, -0.25) is 9.78 Å². The van der Waals surface area contributed by atoms with Gasteiger partial charge in [0.1, 0.15) is 12.4 Å². The number of nitrogens with zero attached hydrogens (tertiary/aromatic N) is 1. The largest absolute Gasteiger partial charge is 0.491 e. The molecule has 1 unspecified atom stereocenters. The molecule has 1 N–H and O–H groups in total. The number of hydrogen-bond acceptors (Lipinski definition) is 4. The Bertz CT molecular complexity index is 1060. The van der Waals surface area contributed by atoms with Crippen LogP contribution in [-0.4, -0.2) is 30.2 Å². The van der Waals surface area contributed by atoms with Gasteiger partial charge in [-0.05, 0) is 55.9 Å². The van der Waals surface area contributed by atoms with Crippen LogP contribution in [0, 0.1) is 0 Å². The number of rotatable bonds is 5. The van der Waals surface area contributed by atoms with Gasteiger partial charge in [-0.15, -0.1) is 0 Å². The Hall–Kier alpha value is -2.92. The molecule has 5 rings (SSSR count). The van der Waals surface area contributed by atoms with Crippen molar-refractivity contribution >= 4 is 22.5 Å². The second-order valence-corrected chi connectivity index (χ2v) is 7.71. The van der Waals surface area contributed by atoms with E-state index < -0.39 is 0 Å². The number of fused-ring (bicyclic) bond motifs is 2. The molecule has 5 nitrogen and oxygen atoms in total. The van der Waals surface area contributed by atoms with Crippen LogP contribution in [0.3, 0.4) is 0 Å². The third-order valence-corrected chi connectivity index (χ3v) is 5.70. The van der Waals surface area contributed by atoms with E-state index in [0.29, 0.717) is 6.61 Å². The molecule has 0 radical (unpaired) electrons. The minimum atomic E-state index is -0.0852. The Morgan fingerprint density at radius 1 is 1.14 bits per heavy atom. The molecule has 1 saturated heterocycles. The van der Waals surface area contributed by atoms with Crippen molar-refractivity contribution in [3.05, 3.63) is 65.4 Å². The minimum absolute atomic E-state index is 0.0852. The summed E-state index contributed by atoms with van der Waals surface area (Å²) in [6.07, 6.45) is 5.18. The number of carbonyl (C=O) groups is 1. The topological polar surface area (TPSA) is 60.5 Å². The van der Waals surface area contributed by atoms with Gasteiger partial charge in [0.15, 0.2) is 0 Å². The molecule has 1 aliphatic carbocycles. The summed E-state index contributed by atoms with van der Waals surface area (Å²) in [5.41, 5.74) is 4.52. The minimum Gasteiger partial charge on any atom is -0.491 e. The molecular weight excluding hydrogens is 364 g/mol. The average Bonchev–Trinajstić information content (AvgIpc) is 3.42. The smallest absolute Gasteiger partial charge is 0.256 e. The molecule has 1 fully saturated rings. The quantitative estimate of drug-likeness (QED) is 0.697. The van der Waals surface area contributed by atoms with E-state index in [-0.39, 0.29) is 12.0 Å². The first kappa shape index (κ1) is 18.1. The normalized spacial score (nSPS) is 18.0. The third-order valence-electron chi connectivity index (χ3n) is 5.70. The van der Waals surface area contributed by atoms with Crippen molar-refractivity contribution in [1.29, 1.82) is 0 Å². The van der Waals surface area contributed by atoms with Crippen molar-refractivity contribution < 1.29 is 14.3 Å². The van der Waals surface area contributed by atoms with E-state index in [2.05, 4.69) is 5.32 Å². The molecule has 1 aromatic heterocycles. The van der Waals surface area contributed by atoms with E-state index in [4.69, 9.17) is 14.5 Å². The maximum atomic E-state index is 13.3. The molecule has 148 valence electrons. The van der Waals surface area contributed by atoms with Gasteiger partial charge in [-0.2, -0.15) is 0 Å². The van der Waals surface area contributed by atoms with E-state index in [9.17, 15) is 4.79 Å². The Kier molecular flexibility index (Phi) is 4.90. The summed E-state index contributed by atoms with van der Waals surface area (Å²) in [7, 11) is 0. The third kappa shape index (κ3) is 3.70. The van der Waals surface area contributed by atoms with Gasteiger partial charge in [-0.25, -0.2) is 0 Å². The Morgan fingerprint density at radius 3 is 2.97 bits per heavy atom. The van der Waals surface area contributed by atoms with Gasteiger partial charge in [0.05, 0.1) is 17.2 Å². The van der Waals surface area contributed by atoms with E-state index >= 15 is 0 Å². The molecule has 29 heavy (non-hydrogen) atoms. The predicted molar refractivity (Wildman–Crippen MR) is 113 cm³/mol. The van der Waals surface area contributed by atoms with Crippen LogP contribution >= 0.6 is 0 Å². The molecule has 0 bridgehead atoms. The van der Waals surface area contributed by atoms with Gasteiger partial charge >= 0.3 is 0 Å². The van der Waals surface area contributed by atoms with Crippen molar-refractivity contribution in [2.75, 3.05) is 18.5 Å². The zero-order chi connectivity index (χ0) is 19.6. The van der Waals surface area contributed by atoms with Crippen molar-refractivity contribution in [2.45, 2.75) is 38.2 Å². The zero-order valence-electron chi connectivity index (χ0n) is 16.3. The molecule has 2 aromatic carbocycles. The summed E-state index contributed by atoms with van der Waals surface area (Å²) in [6.45, 7) is 1.36. The molecule has 3 aromatic rings. The summed E-state index contributed by atoms with van der Waals surface area (Å²) in [4.78, 5) is 18.0. The fourth-order valence-corrected chi connectivity index (χ4v) is 4.29.